The Morgan fingerprint density at radius 3 is 2.86 bits per heavy atom. The Balaban J connectivity index is 1.79. The van der Waals surface area contributed by atoms with E-state index in [0.717, 1.165) is 11.0 Å². The molecule has 4 rings (SSSR count). The number of ether oxygens (including phenoxy) is 2. The van der Waals surface area contributed by atoms with E-state index < -0.39 is 5.97 Å². The van der Waals surface area contributed by atoms with Crippen LogP contribution < -0.4 is 14.8 Å². The number of rotatable bonds is 3. The van der Waals surface area contributed by atoms with Gasteiger partial charge in [0.2, 0.25) is 5.95 Å². The average Bonchev–Trinajstić information content (AvgIpc) is 3.00. The first-order chi connectivity index (χ1) is 10.2. The second kappa shape index (κ2) is 4.27. The summed E-state index contributed by atoms with van der Waals surface area (Å²) in [5.74, 6) is 1.15. The third kappa shape index (κ3) is 1.90. The maximum absolute atomic E-state index is 10.5. The van der Waals surface area contributed by atoms with E-state index in [4.69, 9.17) is 14.6 Å². The van der Waals surface area contributed by atoms with Crippen molar-refractivity contribution in [1.82, 2.24) is 19.6 Å². The molecule has 3 aromatic rings. The van der Waals surface area contributed by atoms with Crippen LogP contribution in [0.2, 0.25) is 0 Å². The number of anilines is 1. The minimum atomic E-state index is -0.964. The molecule has 2 aromatic heterocycles. The zero-order valence-electron chi connectivity index (χ0n) is 10.8. The number of benzene rings is 1. The molecule has 0 bridgehead atoms. The number of hydrogen-bond donors (Lipinski definition) is 3. The zero-order chi connectivity index (χ0) is 14.4. The number of H-pyrrole nitrogens is 1. The fourth-order valence-electron chi connectivity index (χ4n) is 2.26. The molecule has 1 aromatic carbocycles. The number of hydrogen-bond acceptors (Lipinski definition) is 6. The van der Waals surface area contributed by atoms with Crippen LogP contribution in [-0.2, 0) is 4.79 Å². The highest BCUT2D eigenvalue weighted by molar-refractivity contribution is 5.83. The smallest absolute Gasteiger partial charge is 0.322 e. The quantitative estimate of drug-likeness (QED) is 0.642. The van der Waals surface area contributed by atoms with Crippen molar-refractivity contribution in [3.63, 3.8) is 0 Å². The Hall–Kier alpha value is -2.97. The van der Waals surface area contributed by atoms with Gasteiger partial charge in [-0.3, -0.25) is 9.89 Å². The van der Waals surface area contributed by atoms with E-state index in [1.807, 2.05) is 6.07 Å². The van der Waals surface area contributed by atoms with Gasteiger partial charge in [0.15, 0.2) is 11.5 Å². The fourth-order valence-corrected chi connectivity index (χ4v) is 2.26. The standard InChI is InChI=1S/C12H11N5O4/c18-10(19)5-13-11-15-12-14-6-3-8-9(21-2-1-20-8)4-7(6)17(12)16-11/h3-4H,1-2,5H2,(H,18,19)(H2,13,14,15,16). The van der Waals surface area contributed by atoms with Crippen molar-refractivity contribution in [2.45, 2.75) is 0 Å². The molecule has 0 amide bonds. The second-order valence-corrected chi connectivity index (χ2v) is 4.55. The number of aromatic nitrogens is 4. The summed E-state index contributed by atoms with van der Waals surface area (Å²) in [6, 6.07) is 3.62. The van der Waals surface area contributed by atoms with E-state index in [2.05, 4.69) is 20.4 Å². The molecule has 108 valence electrons. The third-order valence-corrected chi connectivity index (χ3v) is 3.14. The van der Waals surface area contributed by atoms with Gasteiger partial charge in [-0.05, 0) is 0 Å². The molecule has 1 aliphatic heterocycles. The van der Waals surface area contributed by atoms with Gasteiger partial charge in [0.1, 0.15) is 19.8 Å². The first-order valence-electron chi connectivity index (χ1n) is 6.34. The second-order valence-electron chi connectivity index (χ2n) is 4.55. The summed E-state index contributed by atoms with van der Waals surface area (Å²) in [7, 11) is 0. The number of carboxylic acids is 1. The molecule has 0 aliphatic carbocycles. The fraction of sp³-hybridized carbons (Fsp3) is 0.250. The lowest BCUT2D eigenvalue weighted by atomic mass is 10.2. The number of fused-ring (bicyclic) bond motifs is 4. The first-order valence-corrected chi connectivity index (χ1v) is 6.34. The molecule has 21 heavy (non-hydrogen) atoms. The highest BCUT2D eigenvalue weighted by Crippen LogP contribution is 2.34. The van der Waals surface area contributed by atoms with E-state index in [1.165, 1.54) is 0 Å². The maximum atomic E-state index is 10.5. The molecular formula is C12H11N5O4. The number of aliphatic carboxylic acids is 1. The van der Waals surface area contributed by atoms with Gasteiger partial charge < -0.3 is 19.9 Å². The Kier molecular flexibility index (Phi) is 2.40. The normalized spacial score (nSPS) is 13.7. The number of aromatic amines is 1. The predicted molar refractivity (Wildman–Crippen MR) is 72.0 cm³/mol. The zero-order valence-corrected chi connectivity index (χ0v) is 10.8. The molecule has 0 radical (unpaired) electrons. The summed E-state index contributed by atoms with van der Waals surface area (Å²) in [6.07, 6.45) is 0. The number of nitrogens with one attached hydrogen (secondary N) is 2. The van der Waals surface area contributed by atoms with Crippen molar-refractivity contribution in [3.05, 3.63) is 12.1 Å². The van der Waals surface area contributed by atoms with E-state index in [-0.39, 0.29) is 6.54 Å². The van der Waals surface area contributed by atoms with Crippen LogP contribution in [0.3, 0.4) is 0 Å². The number of carboxylic acid groups (broad SMARTS) is 1. The van der Waals surface area contributed by atoms with Crippen LogP contribution >= 0.6 is 0 Å². The molecule has 0 spiro atoms. The molecule has 0 atom stereocenters. The van der Waals surface area contributed by atoms with Crippen molar-refractivity contribution in [2.24, 2.45) is 0 Å². The minimum absolute atomic E-state index is 0.221. The first kappa shape index (κ1) is 11.8. The number of carbonyl (C=O) groups is 1. The molecule has 0 unspecified atom stereocenters. The van der Waals surface area contributed by atoms with Gasteiger partial charge in [-0.1, -0.05) is 0 Å². The SMILES string of the molecule is O=C(O)CNc1nc2nc3cc4c(cc3n2[nH]1)OCCO4. The van der Waals surface area contributed by atoms with E-state index in [0.29, 0.717) is 36.4 Å². The Morgan fingerprint density at radius 1 is 1.33 bits per heavy atom. The largest absolute Gasteiger partial charge is 0.486 e. The van der Waals surface area contributed by atoms with Crippen molar-refractivity contribution in [2.75, 3.05) is 25.1 Å². The molecule has 1 aliphatic rings. The van der Waals surface area contributed by atoms with Crippen LogP contribution in [-0.4, -0.2) is 50.4 Å². The highest BCUT2D eigenvalue weighted by Gasteiger charge is 2.17. The van der Waals surface area contributed by atoms with Gasteiger partial charge in [-0.2, -0.15) is 4.98 Å². The summed E-state index contributed by atoms with van der Waals surface area (Å²) in [5, 5.41) is 14.3. The molecule has 9 heteroatoms. The van der Waals surface area contributed by atoms with Crippen LogP contribution in [0.15, 0.2) is 12.1 Å². The lowest BCUT2D eigenvalue weighted by molar-refractivity contribution is -0.134. The average molecular weight is 289 g/mol. The van der Waals surface area contributed by atoms with Gasteiger partial charge in [0, 0.05) is 12.1 Å². The third-order valence-electron chi connectivity index (χ3n) is 3.14. The molecule has 0 saturated carbocycles. The van der Waals surface area contributed by atoms with Crippen molar-refractivity contribution in [3.8, 4) is 11.5 Å². The Bertz CT molecular complexity index is 852. The molecule has 3 heterocycles. The maximum Gasteiger partial charge on any atom is 0.322 e. The van der Waals surface area contributed by atoms with Gasteiger partial charge >= 0.3 is 5.97 Å². The van der Waals surface area contributed by atoms with Crippen LogP contribution in [0.5, 0.6) is 11.5 Å². The van der Waals surface area contributed by atoms with Crippen molar-refractivity contribution in [1.29, 1.82) is 0 Å². The van der Waals surface area contributed by atoms with Crippen LogP contribution in [0.1, 0.15) is 0 Å². The van der Waals surface area contributed by atoms with Crippen LogP contribution in [0, 0.1) is 0 Å². The Labute approximate surface area is 117 Å². The molecule has 0 saturated heterocycles. The topological polar surface area (TPSA) is 114 Å². The lowest BCUT2D eigenvalue weighted by Crippen LogP contribution is -2.15. The molecule has 0 fully saturated rings. The lowest BCUT2D eigenvalue weighted by Gasteiger charge is -2.17. The van der Waals surface area contributed by atoms with Gasteiger partial charge in [-0.25, -0.2) is 9.50 Å². The monoisotopic (exact) mass is 289 g/mol. The number of nitrogens with zero attached hydrogens (tertiary/aromatic N) is 3. The summed E-state index contributed by atoms with van der Waals surface area (Å²) in [4.78, 5) is 19.1. The summed E-state index contributed by atoms with van der Waals surface area (Å²) in [6.45, 7) is 0.807. The molecular weight excluding hydrogens is 278 g/mol. The van der Waals surface area contributed by atoms with E-state index in [9.17, 15) is 4.79 Å². The van der Waals surface area contributed by atoms with Gasteiger partial charge in [-0.15, -0.1) is 0 Å². The Morgan fingerprint density at radius 2 is 2.10 bits per heavy atom. The van der Waals surface area contributed by atoms with Gasteiger partial charge in [0.25, 0.3) is 5.78 Å². The number of imidazole rings is 1. The molecule has 3 N–H and O–H groups in total. The molecule has 9 nitrogen and oxygen atoms in total. The van der Waals surface area contributed by atoms with E-state index >= 15 is 0 Å². The predicted octanol–water partition coefficient (Wildman–Crippen LogP) is 0.478. The van der Waals surface area contributed by atoms with E-state index in [1.54, 1.807) is 10.6 Å². The summed E-state index contributed by atoms with van der Waals surface area (Å²) < 4.78 is 12.7. The van der Waals surface area contributed by atoms with Crippen LogP contribution in [0.4, 0.5) is 5.95 Å². The minimum Gasteiger partial charge on any atom is -0.486 e. The van der Waals surface area contributed by atoms with Crippen LogP contribution in [0.25, 0.3) is 16.8 Å². The summed E-state index contributed by atoms with van der Waals surface area (Å²) in [5.41, 5.74) is 1.51. The van der Waals surface area contributed by atoms with Crippen molar-refractivity contribution >= 4 is 28.7 Å². The summed E-state index contributed by atoms with van der Waals surface area (Å²) >= 11 is 0. The van der Waals surface area contributed by atoms with Gasteiger partial charge in [0.05, 0.1) is 11.0 Å². The van der Waals surface area contributed by atoms with Crippen molar-refractivity contribution < 1.29 is 19.4 Å². The highest BCUT2D eigenvalue weighted by atomic mass is 16.6.